The average molecular weight is 369 g/mol. The van der Waals surface area contributed by atoms with Crippen LogP contribution in [0.4, 0.5) is 0 Å². The van der Waals surface area contributed by atoms with Gasteiger partial charge in [-0.3, -0.25) is 0 Å². The first-order valence-electron chi connectivity index (χ1n) is 9.53. The maximum atomic E-state index is 3.30. The highest BCUT2D eigenvalue weighted by Gasteiger charge is 1.93. The van der Waals surface area contributed by atoms with Gasteiger partial charge in [0.25, 0.3) is 0 Å². The van der Waals surface area contributed by atoms with Gasteiger partial charge in [-0.05, 0) is 24.1 Å². The normalized spacial score (nSPS) is 26.6. The smallest absolute Gasteiger partial charge is 0.0487 e. The molecule has 142 valence electrons. The number of allylic oxidation sites excluding steroid dienone is 22. The topological polar surface area (TPSA) is 24.1 Å². The standard InChI is InChI=1S/C26H28N2/c1-3-7-11-15-19-25(20-16-12-8-4-1)23-24-27-28-26-21-17-13-9-5-2-6-10-14-18-22-26/h1-22,27-28H,23-24H2/b3-1?,4-1?,5-2-,6-2?,7-3?,8-4?,9-5?,10-6-,11-7-,12-8?,13-9-,14-10?,15-11?,16-12-,17-13?,18-14-,19-15-,20-16?,21-17?,22-18?,25-19?,25-20+,26-21?,26-22?. The fourth-order valence-corrected chi connectivity index (χ4v) is 2.31. The van der Waals surface area contributed by atoms with Gasteiger partial charge in [0.1, 0.15) is 0 Å². The second kappa shape index (κ2) is 14.8. The first kappa shape index (κ1) is 20.9. The molecular weight excluding hydrogens is 340 g/mol. The second-order valence-electron chi connectivity index (χ2n) is 5.96. The molecule has 0 fully saturated rings. The maximum Gasteiger partial charge on any atom is 0.0487 e. The summed E-state index contributed by atoms with van der Waals surface area (Å²) in [5.41, 5.74) is 8.84. The van der Waals surface area contributed by atoms with Gasteiger partial charge in [0.2, 0.25) is 0 Å². The Hall–Kier alpha value is -3.36. The van der Waals surface area contributed by atoms with E-state index in [-0.39, 0.29) is 0 Å². The molecule has 2 heteroatoms. The van der Waals surface area contributed by atoms with Gasteiger partial charge in [-0.25, -0.2) is 5.43 Å². The first-order valence-corrected chi connectivity index (χ1v) is 9.53. The molecule has 0 saturated carbocycles. The average Bonchev–Trinajstić information content (AvgIpc) is 2.68. The summed E-state index contributed by atoms with van der Waals surface area (Å²) >= 11 is 0. The number of hydrazine groups is 1. The van der Waals surface area contributed by atoms with Crippen molar-refractivity contribution in [2.24, 2.45) is 0 Å². The molecule has 0 spiro atoms. The van der Waals surface area contributed by atoms with E-state index in [1.807, 2.05) is 109 Å². The van der Waals surface area contributed by atoms with Crippen molar-refractivity contribution >= 4 is 0 Å². The molecule has 0 bridgehead atoms. The third-order valence-electron chi connectivity index (χ3n) is 3.72. The molecule has 2 nitrogen and oxygen atoms in total. The van der Waals surface area contributed by atoms with E-state index in [0.29, 0.717) is 0 Å². The lowest BCUT2D eigenvalue weighted by Crippen LogP contribution is -2.31. The third kappa shape index (κ3) is 10.6. The molecule has 0 aromatic carbocycles. The monoisotopic (exact) mass is 368 g/mol. The van der Waals surface area contributed by atoms with Crippen LogP contribution in [0.15, 0.2) is 145 Å². The van der Waals surface area contributed by atoms with Gasteiger partial charge in [-0.15, -0.1) is 0 Å². The van der Waals surface area contributed by atoms with Crippen molar-refractivity contribution in [2.45, 2.75) is 6.42 Å². The molecule has 2 aliphatic rings. The fourth-order valence-electron chi connectivity index (χ4n) is 2.31. The zero-order valence-corrected chi connectivity index (χ0v) is 16.1. The van der Waals surface area contributed by atoms with Crippen LogP contribution >= 0.6 is 0 Å². The highest BCUT2D eigenvalue weighted by atomic mass is 15.4. The van der Waals surface area contributed by atoms with Gasteiger partial charge in [0.15, 0.2) is 0 Å². The van der Waals surface area contributed by atoms with Crippen LogP contribution in [0, 0.1) is 0 Å². The SMILES string of the molecule is C1=C\C=C/C=C\C(CCNNC2=C\C=C/C=C\C=C/C=C\C=C2)=C/C=C\C=C1. The van der Waals surface area contributed by atoms with E-state index in [0.717, 1.165) is 18.7 Å². The van der Waals surface area contributed by atoms with E-state index in [2.05, 4.69) is 35.2 Å². The third-order valence-corrected chi connectivity index (χ3v) is 3.72. The molecule has 28 heavy (non-hydrogen) atoms. The Labute approximate surface area is 169 Å². The Morgan fingerprint density at radius 1 is 0.464 bits per heavy atom. The zero-order chi connectivity index (χ0) is 19.5. The van der Waals surface area contributed by atoms with Crippen molar-refractivity contribution < 1.29 is 0 Å². The van der Waals surface area contributed by atoms with E-state index in [1.165, 1.54) is 5.57 Å². The molecule has 0 unspecified atom stereocenters. The Morgan fingerprint density at radius 3 is 1.54 bits per heavy atom. The molecule has 0 aliphatic heterocycles. The summed E-state index contributed by atoms with van der Waals surface area (Å²) < 4.78 is 0. The van der Waals surface area contributed by atoms with Crippen molar-refractivity contribution in [3.63, 3.8) is 0 Å². The summed E-state index contributed by atoms with van der Waals surface area (Å²) in [6, 6.07) is 0. The van der Waals surface area contributed by atoms with Crippen molar-refractivity contribution in [1.29, 1.82) is 0 Å². The van der Waals surface area contributed by atoms with Crippen LogP contribution in [-0.2, 0) is 0 Å². The van der Waals surface area contributed by atoms with Gasteiger partial charge >= 0.3 is 0 Å². The number of hydrogen-bond donors (Lipinski definition) is 2. The largest absolute Gasteiger partial charge is 0.321 e. The van der Waals surface area contributed by atoms with E-state index < -0.39 is 0 Å². The number of rotatable bonds is 5. The van der Waals surface area contributed by atoms with E-state index in [4.69, 9.17) is 0 Å². The summed E-state index contributed by atoms with van der Waals surface area (Å²) in [7, 11) is 0. The van der Waals surface area contributed by atoms with Gasteiger partial charge < -0.3 is 5.43 Å². The minimum Gasteiger partial charge on any atom is -0.321 e. The summed E-state index contributed by atoms with van der Waals surface area (Å²) in [6.07, 6.45) is 45.7. The summed E-state index contributed by atoms with van der Waals surface area (Å²) in [6.45, 7) is 0.816. The highest BCUT2D eigenvalue weighted by molar-refractivity contribution is 5.30. The molecule has 0 saturated heterocycles. The molecule has 0 radical (unpaired) electrons. The van der Waals surface area contributed by atoms with Gasteiger partial charge in [-0.2, -0.15) is 0 Å². The van der Waals surface area contributed by atoms with Gasteiger partial charge in [-0.1, -0.05) is 122 Å². The Kier molecular flexibility index (Phi) is 11.1. The van der Waals surface area contributed by atoms with Crippen LogP contribution in [0.2, 0.25) is 0 Å². The maximum absolute atomic E-state index is 3.30. The van der Waals surface area contributed by atoms with Crippen LogP contribution in [0.1, 0.15) is 6.42 Å². The molecule has 2 rings (SSSR count). The van der Waals surface area contributed by atoms with E-state index >= 15 is 0 Å². The number of hydrogen-bond acceptors (Lipinski definition) is 2. The van der Waals surface area contributed by atoms with Crippen LogP contribution in [0.3, 0.4) is 0 Å². The fraction of sp³-hybridized carbons (Fsp3) is 0.0769. The predicted octanol–water partition coefficient (Wildman–Crippen LogP) is 5.87. The van der Waals surface area contributed by atoms with E-state index in [9.17, 15) is 0 Å². The molecule has 0 atom stereocenters. The Morgan fingerprint density at radius 2 is 0.929 bits per heavy atom. The molecular formula is C26H28N2. The van der Waals surface area contributed by atoms with Crippen LogP contribution in [0.5, 0.6) is 0 Å². The van der Waals surface area contributed by atoms with Crippen molar-refractivity contribution in [1.82, 2.24) is 10.9 Å². The quantitative estimate of drug-likeness (QED) is 0.468. The highest BCUT2D eigenvalue weighted by Crippen LogP contribution is 2.04. The Bertz CT molecular complexity index is 746. The van der Waals surface area contributed by atoms with Crippen molar-refractivity contribution in [3.05, 3.63) is 145 Å². The van der Waals surface area contributed by atoms with Gasteiger partial charge in [0.05, 0.1) is 0 Å². The van der Waals surface area contributed by atoms with Gasteiger partial charge in [0, 0.05) is 12.2 Å². The summed E-state index contributed by atoms with van der Waals surface area (Å²) in [4.78, 5) is 0. The molecule has 2 aliphatic carbocycles. The van der Waals surface area contributed by atoms with Crippen molar-refractivity contribution in [2.75, 3.05) is 6.54 Å². The summed E-state index contributed by atoms with van der Waals surface area (Å²) in [5, 5.41) is 0. The minimum absolute atomic E-state index is 0.816. The van der Waals surface area contributed by atoms with E-state index in [1.54, 1.807) is 0 Å². The lowest BCUT2D eigenvalue weighted by Gasteiger charge is -2.09. The van der Waals surface area contributed by atoms with Crippen LogP contribution in [-0.4, -0.2) is 6.54 Å². The molecule has 0 aromatic heterocycles. The van der Waals surface area contributed by atoms with Crippen LogP contribution in [0.25, 0.3) is 0 Å². The molecule has 0 amide bonds. The second-order valence-corrected chi connectivity index (χ2v) is 5.96. The molecule has 2 N–H and O–H groups in total. The zero-order valence-electron chi connectivity index (χ0n) is 16.1. The lowest BCUT2D eigenvalue weighted by atomic mass is 10.1. The minimum atomic E-state index is 0.816. The molecule has 0 heterocycles. The first-order chi connectivity index (χ1) is 13.9. The van der Waals surface area contributed by atoms with Crippen LogP contribution < -0.4 is 10.9 Å². The summed E-state index contributed by atoms with van der Waals surface area (Å²) in [5.74, 6) is 0. The lowest BCUT2D eigenvalue weighted by molar-refractivity contribution is 0.610. The molecule has 0 aromatic rings. The van der Waals surface area contributed by atoms with Crippen molar-refractivity contribution in [3.8, 4) is 0 Å². The Balaban J connectivity index is 1.88. The number of nitrogens with one attached hydrogen (secondary N) is 2. The predicted molar refractivity (Wildman–Crippen MR) is 123 cm³/mol.